The molecule has 60 heavy (non-hydrogen) atoms. The summed E-state index contributed by atoms with van der Waals surface area (Å²) >= 11 is 0. The number of rotatable bonds is 13. The van der Waals surface area contributed by atoms with Crippen molar-refractivity contribution in [2.45, 2.75) is 49.7 Å². The van der Waals surface area contributed by atoms with Crippen molar-refractivity contribution in [1.82, 2.24) is 0 Å². The van der Waals surface area contributed by atoms with Crippen LogP contribution < -0.4 is 4.74 Å². The Bertz CT molecular complexity index is 2390. The topological polar surface area (TPSA) is 144 Å². The van der Waals surface area contributed by atoms with E-state index in [0.717, 1.165) is 5.56 Å². The van der Waals surface area contributed by atoms with E-state index in [1.54, 1.807) is 128 Å². The molecule has 1 N–H and O–H groups in total. The van der Waals surface area contributed by atoms with Gasteiger partial charge in [0.2, 0.25) is 11.9 Å². The molecule has 0 aliphatic carbocycles. The Hall–Kier alpha value is -7.08. The lowest BCUT2D eigenvalue weighted by Gasteiger charge is -2.50. The van der Waals surface area contributed by atoms with Crippen LogP contribution in [0.25, 0.3) is 0 Å². The molecule has 11 heteroatoms. The first kappa shape index (κ1) is 41.1. The fourth-order valence-electron chi connectivity index (χ4n) is 7.07. The molecular formula is C49H42O11. The van der Waals surface area contributed by atoms with Crippen molar-refractivity contribution in [2.24, 2.45) is 0 Å². The molecule has 1 fully saturated rings. The molecule has 0 radical (unpaired) electrons. The number of carbonyl (C=O) groups is 4. The largest absolute Gasteiger partial charge is 0.497 e. The van der Waals surface area contributed by atoms with E-state index in [-0.39, 0.29) is 34.2 Å². The first-order valence-corrected chi connectivity index (χ1v) is 19.3. The predicted molar refractivity (Wildman–Crippen MR) is 219 cm³/mol. The molecule has 1 saturated heterocycles. The second-order valence-corrected chi connectivity index (χ2v) is 14.1. The van der Waals surface area contributed by atoms with Crippen molar-refractivity contribution in [2.75, 3.05) is 7.11 Å². The van der Waals surface area contributed by atoms with Gasteiger partial charge in [-0.25, -0.2) is 19.2 Å². The minimum absolute atomic E-state index is 0.115. The molecule has 1 aliphatic heterocycles. The molecule has 0 unspecified atom stereocenters. The van der Waals surface area contributed by atoms with E-state index >= 15 is 0 Å². The van der Waals surface area contributed by atoms with Gasteiger partial charge in [-0.1, -0.05) is 109 Å². The van der Waals surface area contributed by atoms with Crippen LogP contribution in [0.3, 0.4) is 0 Å². The van der Waals surface area contributed by atoms with Gasteiger partial charge in [0.25, 0.3) is 0 Å². The van der Waals surface area contributed by atoms with Gasteiger partial charge in [-0.3, -0.25) is 0 Å². The summed E-state index contributed by atoms with van der Waals surface area (Å²) in [7, 11) is 1.57. The highest BCUT2D eigenvalue weighted by atomic mass is 16.7. The lowest BCUT2D eigenvalue weighted by Crippen LogP contribution is -2.68. The summed E-state index contributed by atoms with van der Waals surface area (Å²) in [6, 6.07) is 46.6. The second kappa shape index (κ2) is 18.7. The average Bonchev–Trinajstić information content (AvgIpc) is 3.29. The summed E-state index contributed by atoms with van der Waals surface area (Å²) in [6.07, 6.45) is -7.87. The van der Waals surface area contributed by atoms with Crippen molar-refractivity contribution in [3.63, 3.8) is 0 Å². The van der Waals surface area contributed by atoms with Crippen LogP contribution in [0.2, 0.25) is 0 Å². The van der Waals surface area contributed by atoms with Gasteiger partial charge in [-0.05, 0) is 85.1 Å². The van der Waals surface area contributed by atoms with Crippen LogP contribution >= 0.6 is 0 Å². The zero-order chi connectivity index (χ0) is 42.1. The van der Waals surface area contributed by atoms with Gasteiger partial charge in [0.05, 0.1) is 29.4 Å². The Kier molecular flexibility index (Phi) is 12.8. The van der Waals surface area contributed by atoms with Crippen LogP contribution in [0, 0.1) is 0 Å². The summed E-state index contributed by atoms with van der Waals surface area (Å²) in [4.78, 5) is 55.8. The van der Waals surface area contributed by atoms with Gasteiger partial charge < -0.3 is 33.5 Å². The third-order valence-corrected chi connectivity index (χ3v) is 10.1. The summed E-state index contributed by atoms with van der Waals surface area (Å²) in [5.41, 5.74) is 2.13. The summed E-state index contributed by atoms with van der Waals surface area (Å²) in [5, 5.41) is 13.3. The lowest BCUT2D eigenvalue weighted by molar-refractivity contribution is -0.360. The number of hydrogen-bond acceptors (Lipinski definition) is 11. The molecule has 0 saturated carbocycles. The minimum atomic E-state index is -2.64. The molecule has 11 nitrogen and oxygen atoms in total. The van der Waals surface area contributed by atoms with Crippen LogP contribution in [0.4, 0.5) is 0 Å². The fraction of sp³-hybridized carbons (Fsp3) is 0.184. The maximum absolute atomic E-state index is 14.1. The van der Waals surface area contributed by atoms with E-state index in [4.69, 9.17) is 28.4 Å². The molecule has 6 atom stereocenters. The van der Waals surface area contributed by atoms with E-state index in [2.05, 4.69) is 0 Å². The zero-order valence-electron chi connectivity index (χ0n) is 32.8. The zero-order valence-corrected chi connectivity index (χ0v) is 32.8. The van der Waals surface area contributed by atoms with Gasteiger partial charge in [0, 0.05) is 5.56 Å². The van der Waals surface area contributed by atoms with Gasteiger partial charge in [-0.15, -0.1) is 0 Å². The quantitative estimate of drug-likeness (QED) is 0.0904. The Morgan fingerprint density at radius 3 is 1.50 bits per heavy atom. The highest BCUT2D eigenvalue weighted by Crippen LogP contribution is 2.44. The van der Waals surface area contributed by atoms with Crippen molar-refractivity contribution in [3.05, 3.63) is 209 Å². The van der Waals surface area contributed by atoms with Gasteiger partial charge in [0.1, 0.15) is 18.0 Å². The Labute approximate surface area is 347 Å². The van der Waals surface area contributed by atoms with Crippen LogP contribution in [-0.2, 0) is 35.9 Å². The highest BCUT2D eigenvalue weighted by molar-refractivity contribution is 5.91. The molecule has 0 spiro atoms. The molecule has 7 rings (SSSR count). The predicted octanol–water partition coefficient (Wildman–Crippen LogP) is 7.75. The average molecular weight is 807 g/mol. The van der Waals surface area contributed by atoms with Crippen LogP contribution in [0.1, 0.15) is 65.0 Å². The smallest absolute Gasteiger partial charge is 0.338 e. The lowest BCUT2D eigenvalue weighted by atomic mass is 9.83. The number of benzene rings is 6. The van der Waals surface area contributed by atoms with E-state index in [9.17, 15) is 24.3 Å². The number of aliphatic hydroxyl groups is 1. The van der Waals surface area contributed by atoms with E-state index in [1.165, 1.54) is 43.3 Å². The Balaban J connectivity index is 1.40. The summed E-state index contributed by atoms with van der Waals surface area (Å²) in [5.74, 6) is -5.36. The first-order valence-electron chi connectivity index (χ1n) is 19.3. The number of methoxy groups -OCH3 is 1. The van der Waals surface area contributed by atoms with Gasteiger partial charge in [0.15, 0.2) is 12.2 Å². The Morgan fingerprint density at radius 1 is 0.567 bits per heavy atom. The summed E-state index contributed by atoms with van der Waals surface area (Å²) < 4.78 is 36.7. The molecule has 1 heterocycles. The maximum atomic E-state index is 14.1. The van der Waals surface area contributed by atoms with Crippen LogP contribution in [0.15, 0.2) is 170 Å². The number of carbonyl (C=O) groups excluding carboxylic acids is 4. The van der Waals surface area contributed by atoms with E-state index in [0.29, 0.717) is 11.3 Å². The van der Waals surface area contributed by atoms with Crippen LogP contribution in [-0.4, -0.2) is 66.6 Å². The normalized spacial score (nSPS) is 20.2. The molecule has 0 amide bonds. The summed E-state index contributed by atoms with van der Waals surface area (Å²) in [6.45, 7) is 1.50. The second-order valence-electron chi connectivity index (χ2n) is 14.1. The highest BCUT2D eigenvalue weighted by Gasteiger charge is 2.62. The van der Waals surface area contributed by atoms with Crippen LogP contribution in [0.5, 0.6) is 5.75 Å². The maximum Gasteiger partial charge on any atom is 0.338 e. The van der Waals surface area contributed by atoms with Crippen molar-refractivity contribution >= 4 is 23.9 Å². The van der Waals surface area contributed by atoms with E-state index < -0.39 is 60.2 Å². The number of ether oxygens (including phenoxy) is 6. The third kappa shape index (κ3) is 9.28. The number of hydrogen-bond donors (Lipinski definition) is 1. The van der Waals surface area contributed by atoms with Crippen molar-refractivity contribution in [1.29, 1.82) is 0 Å². The molecule has 304 valence electrons. The molecule has 0 bridgehead atoms. The van der Waals surface area contributed by atoms with Crippen molar-refractivity contribution < 1.29 is 52.7 Å². The van der Waals surface area contributed by atoms with Gasteiger partial charge >= 0.3 is 23.9 Å². The van der Waals surface area contributed by atoms with Crippen molar-refractivity contribution in [3.8, 4) is 5.75 Å². The Morgan fingerprint density at radius 2 is 1.00 bits per heavy atom. The minimum Gasteiger partial charge on any atom is -0.497 e. The number of esters is 4. The third-order valence-electron chi connectivity index (χ3n) is 10.1. The van der Waals surface area contributed by atoms with E-state index in [1.807, 2.05) is 12.1 Å². The molecule has 6 aromatic rings. The monoisotopic (exact) mass is 806 g/mol. The molecule has 1 aliphatic rings. The standard InChI is InChI=1S/C49H42O11/c1-32(56-45(50)34-17-7-3-8-18-34)41-42(57-46(51)35-19-9-4-10-20-35)43(58-47(52)36-21-11-5-12-22-36)44(59-48(53)37-23-13-6-14-24-37)49(54,60-41)40-26-16-15-25-38(40)31-33-27-29-39(55-2)30-28-33/h3-30,32,41-44,54H,31H2,1-2H3/t32-,41-,42-,43+,44-,49-/m1/s1. The first-order chi connectivity index (χ1) is 29.1. The molecular weight excluding hydrogens is 765 g/mol. The SMILES string of the molecule is COc1ccc(Cc2ccccc2[C@@]2(O)O[C@H]([C@@H](C)OC(=O)c3ccccc3)[C@@H](OC(=O)c3ccccc3)[C@H](OC(=O)c3ccccc3)[C@H]2OC(=O)c2ccccc2)cc1. The fourth-order valence-corrected chi connectivity index (χ4v) is 7.07. The van der Waals surface area contributed by atoms with Gasteiger partial charge in [-0.2, -0.15) is 0 Å². The molecule has 0 aromatic heterocycles. The molecule has 6 aromatic carbocycles.